The Morgan fingerprint density at radius 1 is 0.935 bits per heavy atom. The second kappa shape index (κ2) is 10.2. The van der Waals surface area contributed by atoms with Gasteiger partial charge in [0.2, 0.25) is 10.0 Å². The van der Waals surface area contributed by atoms with Crippen LogP contribution in [0.2, 0.25) is 0 Å². The third-order valence-corrected chi connectivity index (χ3v) is 7.60. The molecule has 0 bridgehead atoms. The summed E-state index contributed by atoms with van der Waals surface area (Å²) < 4.78 is 32.0. The van der Waals surface area contributed by atoms with Gasteiger partial charge in [0.15, 0.2) is 12.4 Å². The van der Waals surface area contributed by atoms with Crippen molar-refractivity contribution in [3.63, 3.8) is 0 Å². The molecule has 0 saturated carbocycles. The maximum absolute atomic E-state index is 12.7. The van der Waals surface area contributed by atoms with Crippen LogP contribution in [0.25, 0.3) is 0 Å². The van der Waals surface area contributed by atoms with E-state index in [0.717, 1.165) is 36.0 Å². The molecule has 0 aromatic heterocycles. The Hall–Kier alpha value is -2.51. The van der Waals surface area contributed by atoms with Crippen molar-refractivity contribution in [2.45, 2.75) is 50.8 Å². The molecule has 0 amide bonds. The molecule has 7 heteroatoms. The Morgan fingerprint density at radius 2 is 1.61 bits per heavy atom. The average Bonchev–Trinajstić information content (AvgIpc) is 2.78. The quantitative estimate of drug-likeness (QED) is 0.457. The molecule has 1 saturated heterocycles. The molecule has 0 N–H and O–H groups in total. The minimum atomic E-state index is -3.46. The van der Waals surface area contributed by atoms with Crippen molar-refractivity contribution in [2.24, 2.45) is 0 Å². The van der Waals surface area contributed by atoms with Gasteiger partial charge in [-0.15, -0.1) is 0 Å². The zero-order chi connectivity index (χ0) is 22.4. The van der Waals surface area contributed by atoms with Crippen LogP contribution in [-0.4, -0.2) is 44.2 Å². The van der Waals surface area contributed by atoms with Gasteiger partial charge in [0, 0.05) is 25.1 Å². The first-order valence-corrected chi connectivity index (χ1v) is 12.1. The smallest absolute Gasteiger partial charge is 0.306 e. The SMILES string of the molecule is Cc1ccc(C(=O)COC(=O)CCc2ccc(S(=O)(=O)N3CCCCC3)cc2)cc1C. The molecule has 0 radical (unpaired) electrons. The number of carbonyl (C=O) groups excluding carboxylic acids is 2. The van der Waals surface area contributed by atoms with Crippen molar-refractivity contribution in [2.75, 3.05) is 19.7 Å². The fourth-order valence-corrected chi connectivity index (χ4v) is 5.06. The van der Waals surface area contributed by atoms with E-state index in [1.807, 2.05) is 19.9 Å². The van der Waals surface area contributed by atoms with Crippen molar-refractivity contribution in [1.29, 1.82) is 0 Å². The highest BCUT2D eigenvalue weighted by molar-refractivity contribution is 7.89. The summed E-state index contributed by atoms with van der Waals surface area (Å²) in [5.74, 6) is -0.689. The van der Waals surface area contributed by atoms with Gasteiger partial charge in [-0.05, 0) is 68.0 Å². The molecular weight excluding hydrogens is 414 g/mol. The molecular formula is C24H29NO5S. The molecule has 2 aromatic rings. The molecule has 31 heavy (non-hydrogen) atoms. The lowest BCUT2D eigenvalue weighted by atomic mass is 10.0. The van der Waals surface area contributed by atoms with E-state index in [1.54, 1.807) is 36.4 Å². The third kappa shape index (κ3) is 6.02. The van der Waals surface area contributed by atoms with Crippen LogP contribution >= 0.6 is 0 Å². The van der Waals surface area contributed by atoms with Crippen LogP contribution in [-0.2, 0) is 26.0 Å². The molecule has 1 aliphatic rings. The first-order valence-electron chi connectivity index (χ1n) is 10.6. The van der Waals surface area contributed by atoms with E-state index in [1.165, 1.54) is 4.31 Å². The lowest BCUT2D eigenvalue weighted by Gasteiger charge is -2.25. The predicted octanol–water partition coefficient (Wildman–Crippen LogP) is 3.84. The van der Waals surface area contributed by atoms with Gasteiger partial charge in [-0.25, -0.2) is 8.42 Å². The molecule has 6 nitrogen and oxygen atoms in total. The Bertz CT molecular complexity index is 1040. The van der Waals surface area contributed by atoms with Gasteiger partial charge < -0.3 is 4.74 Å². The second-order valence-corrected chi connectivity index (χ2v) is 9.93. The van der Waals surface area contributed by atoms with E-state index in [2.05, 4.69) is 0 Å². The number of piperidine rings is 1. The minimum absolute atomic E-state index is 0.123. The standard InChI is InChI=1S/C24H29NO5S/c1-18-6-10-21(16-19(18)2)23(26)17-30-24(27)13-9-20-7-11-22(12-8-20)31(28,29)25-14-4-3-5-15-25/h6-8,10-12,16H,3-5,9,13-15,17H2,1-2H3. The van der Waals surface area contributed by atoms with E-state index in [0.29, 0.717) is 25.1 Å². The summed E-state index contributed by atoms with van der Waals surface area (Å²) >= 11 is 0. The summed E-state index contributed by atoms with van der Waals surface area (Å²) in [4.78, 5) is 24.5. The zero-order valence-electron chi connectivity index (χ0n) is 18.1. The largest absolute Gasteiger partial charge is 0.457 e. The van der Waals surface area contributed by atoms with Crippen LogP contribution in [0.3, 0.4) is 0 Å². The van der Waals surface area contributed by atoms with Crippen LogP contribution < -0.4 is 0 Å². The molecule has 0 unspecified atom stereocenters. The van der Waals surface area contributed by atoms with Crippen LogP contribution in [0, 0.1) is 13.8 Å². The highest BCUT2D eigenvalue weighted by Crippen LogP contribution is 2.21. The van der Waals surface area contributed by atoms with E-state index < -0.39 is 16.0 Å². The monoisotopic (exact) mass is 443 g/mol. The molecule has 0 aliphatic carbocycles. The first kappa shape index (κ1) is 23.2. The van der Waals surface area contributed by atoms with Gasteiger partial charge >= 0.3 is 5.97 Å². The normalized spacial score (nSPS) is 14.9. The van der Waals surface area contributed by atoms with E-state index in [9.17, 15) is 18.0 Å². The van der Waals surface area contributed by atoms with Gasteiger partial charge in [0.05, 0.1) is 4.90 Å². The Balaban J connectivity index is 1.49. The van der Waals surface area contributed by atoms with Gasteiger partial charge in [-0.3, -0.25) is 9.59 Å². The molecule has 2 aromatic carbocycles. The molecule has 1 fully saturated rings. The Kier molecular flexibility index (Phi) is 7.62. The molecule has 0 spiro atoms. The third-order valence-electron chi connectivity index (χ3n) is 5.69. The highest BCUT2D eigenvalue weighted by Gasteiger charge is 2.25. The zero-order valence-corrected chi connectivity index (χ0v) is 18.9. The van der Waals surface area contributed by atoms with Crippen molar-refractivity contribution < 1.29 is 22.7 Å². The van der Waals surface area contributed by atoms with Gasteiger partial charge in [0.1, 0.15) is 0 Å². The number of nitrogens with zero attached hydrogens (tertiary/aromatic N) is 1. The predicted molar refractivity (Wildman–Crippen MR) is 119 cm³/mol. The number of esters is 1. The number of rotatable bonds is 8. The van der Waals surface area contributed by atoms with Crippen LogP contribution in [0.15, 0.2) is 47.4 Å². The highest BCUT2D eigenvalue weighted by atomic mass is 32.2. The average molecular weight is 444 g/mol. The summed E-state index contributed by atoms with van der Waals surface area (Å²) in [7, 11) is -3.46. The number of carbonyl (C=O) groups is 2. The minimum Gasteiger partial charge on any atom is -0.457 e. The molecule has 0 atom stereocenters. The van der Waals surface area contributed by atoms with Crippen LogP contribution in [0.1, 0.15) is 52.7 Å². The summed E-state index contributed by atoms with van der Waals surface area (Å²) in [6, 6.07) is 12.0. The van der Waals surface area contributed by atoms with E-state index in [-0.39, 0.29) is 23.7 Å². The van der Waals surface area contributed by atoms with Crippen LogP contribution in [0.5, 0.6) is 0 Å². The number of aryl methyl sites for hydroxylation is 3. The first-order chi connectivity index (χ1) is 14.8. The van der Waals surface area contributed by atoms with Gasteiger partial charge in [-0.2, -0.15) is 4.31 Å². The number of ether oxygens (including phenoxy) is 1. The van der Waals surface area contributed by atoms with E-state index in [4.69, 9.17) is 4.74 Å². The van der Waals surface area contributed by atoms with Crippen molar-refractivity contribution in [1.82, 2.24) is 4.31 Å². The summed E-state index contributed by atoms with van der Waals surface area (Å²) in [6.45, 7) is 4.75. The molecule has 3 rings (SSSR count). The molecule has 166 valence electrons. The maximum Gasteiger partial charge on any atom is 0.306 e. The maximum atomic E-state index is 12.7. The lowest BCUT2D eigenvalue weighted by molar-refractivity contribution is -0.142. The molecule has 1 aliphatic heterocycles. The number of benzene rings is 2. The fraction of sp³-hybridized carbons (Fsp3) is 0.417. The number of hydrogen-bond acceptors (Lipinski definition) is 5. The number of sulfonamides is 1. The molecule has 1 heterocycles. The van der Waals surface area contributed by atoms with Crippen molar-refractivity contribution >= 4 is 21.8 Å². The van der Waals surface area contributed by atoms with Crippen molar-refractivity contribution in [3.05, 3.63) is 64.7 Å². The Labute approximate surface area is 184 Å². The van der Waals surface area contributed by atoms with E-state index >= 15 is 0 Å². The number of ketones is 1. The number of hydrogen-bond donors (Lipinski definition) is 0. The topological polar surface area (TPSA) is 80.8 Å². The summed E-state index contributed by atoms with van der Waals surface area (Å²) in [6.07, 6.45) is 3.40. The summed E-state index contributed by atoms with van der Waals surface area (Å²) in [5, 5.41) is 0. The fourth-order valence-electron chi connectivity index (χ4n) is 3.55. The van der Waals surface area contributed by atoms with Gasteiger partial charge in [0.25, 0.3) is 0 Å². The summed E-state index contributed by atoms with van der Waals surface area (Å²) in [5.41, 5.74) is 3.49. The van der Waals surface area contributed by atoms with Crippen LogP contribution in [0.4, 0.5) is 0 Å². The lowest BCUT2D eigenvalue weighted by Crippen LogP contribution is -2.35. The number of Topliss-reactive ketones (excluding diaryl/α,β-unsaturated/α-hetero) is 1. The van der Waals surface area contributed by atoms with Crippen molar-refractivity contribution in [3.8, 4) is 0 Å². The second-order valence-electron chi connectivity index (χ2n) is 7.99. The Morgan fingerprint density at radius 3 is 2.26 bits per heavy atom. The van der Waals surface area contributed by atoms with Gasteiger partial charge in [-0.1, -0.05) is 30.7 Å².